The Morgan fingerprint density at radius 1 is 1.33 bits per heavy atom. The van der Waals surface area contributed by atoms with Gasteiger partial charge in [0.1, 0.15) is 0 Å². The molecule has 0 amide bonds. The molecule has 0 saturated heterocycles. The fourth-order valence-electron chi connectivity index (χ4n) is 0.595. The minimum absolute atomic E-state index is 0. The van der Waals surface area contributed by atoms with E-state index in [1.165, 1.54) is 6.20 Å². The summed E-state index contributed by atoms with van der Waals surface area (Å²) in [7, 11) is 0. The second-order valence-electron chi connectivity index (χ2n) is 1.87. The van der Waals surface area contributed by atoms with Crippen molar-refractivity contribution in [2.45, 2.75) is 11.1 Å². The smallest absolute Gasteiger partial charge is 0.779 e. The van der Waals surface area contributed by atoms with E-state index in [0.717, 1.165) is 12.3 Å². The molecule has 0 bridgehead atoms. The molecule has 1 aromatic rings. The van der Waals surface area contributed by atoms with Crippen molar-refractivity contribution in [1.29, 1.82) is 0 Å². The maximum absolute atomic E-state index is 11.9. The van der Waals surface area contributed by atoms with Crippen LogP contribution in [0.25, 0.3) is 0 Å². The van der Waals surface area contributed by atoms with E-state index in [0.29, 0.717) is 0 Å². The molecular weight excluding hydrogens is 198 g/mol. The van der Waals surface area contributed by atoms with E-state index in [4.69, 9.17) is 0 Å². The molecule has 0 unspecified atom stereocenters. The molecule has 0 aromatic carbocycles. The van der Waals surface area contributed by atoms with Crippen LogP contribution in [0.2, 0.25) is 0 Å². The van der Waals surface area contributed by atoms with E-state index in [2.05, 4.69) is 17.6 Å². The van der Waals surface area contributed by atoms with Gasteiger partial charge in [0.15, 0.2) is 0 Å². The third kappa shape index (κ3) is 2.90. The second kappa shape index (κ2) is 4.41. The number of pyridine rings is 1. The van der Waals surface area contributed by atoms with Gasteiger partial charge in [0, 0.05) is 12.4 Å². The topological polar surface area (TPSA) is 12.9 Å². The van der Waals surface area contributed by atoms with Crippen molar-refractivity contribution in [3.05, 3.63) is 24.0 Å². The van der Waals surface area contributed by atoms with Crippen LogP contribution in [0.15, 0.2) is 23.4 Å². The quantitative estimate of drug-likeness (QED) is 0.395. The van der Waals surface area contributed by atoms with E-state index >= 15 is 0 Å². The molecular formula is C6H3F3NNaS. The molecule has 1 heterocycles. The first-order valence-corrected chi connectivity index (χ1v) is 3.11. The van der Waals surface area contributed by atoms with Crippen molar-refractivity contribution in [3.8, 4) is 0 Å². The van der Waals surface area contributed by atoms with Crippen LogP contribution in [0.1, 0.15) is 5.56 Å². The molecule has 0 aliphatic rings. The molecule has 0 aliphatic carbocycles. The van der Waals surface area contributed by atoms with Crippen LogP contribution in [-0.4, -0.2) is 4.98 Å². The summed E-state index contributed by atoms with van der Waals surface area (Å²) in [6, 6.07) is 1.15. The van der Waals surface area contributed by atoms with E-state index in [-0.39, 0.29) is 34.5 Å². The molecule has 0 fully saturated rings. The van der Waals surface area contributed by atoms with Gasteiger partial charge in [-0.3, -0.25) is 4.98 Å². The Labute approximate surface area is 95.1 Å². The van der Waals surface area contributed by atoms with Crippen LogP contribution in [-0.2, 0) is 18.8 Å². The standard InChI is InChI=1S/C6H4F3NS.Na/c7-6(8,9)4-3-10-2-1-5(4)11;/h1-3H,(H,10,11);/q;+1/p-1. The molecule has 0 atom stereocenters. The van der Waals surface area contributed by atoms with Gasteiger partial charge >= 0.3 is 35.7 Å². The molecule has 0 N–H and O–H groups in total. The summed E-state index contributed by atoms with van der Waals surface area (Å²) in [6.45, 7) is 0. The number of hydrogen-bond acceptors (Lipinski definition) is 2. The minimum atomic E-state index is -4.38. The first kappa shape index (κ1) is 12.2. The number of alkyl halides is 3. The zero-order valence-corrected chi connectivity index (χ0v) is 9.04. The van der Waals surface area contributed by atoms with Gasteiger partial charge < -0.3 is 12.6 Å². The number of hydrogen-bond donors (Lipinski definition) is 0. The zero-order chi connectivity index (χ0) is 8.48. The second-order valence-corrected chi connectivity index (χ2v) is 2.31. The van der Waals surface area contributed by atoms with Crippen LogP contribution >= 0.6 is 0 Å². The van der Waals surface area contributed by atoms with Gasteiger partial charge in [0.2, 0.25) is 0 Å². The van der Waals surface area contributed by atoms with Crippen LogP contribution < -0.4 is 29.6 Å². The first-order chi connectivity index (χ1) is 5.02. The van der Waals surface area contributed by atoms with Gasteiger partial charge in [-0.05, 0) is 0 Å². The molecule has 0 radical (unpaired) electrons. The largest absolute Gasteiger partial charge is 1.00 e. The number of rotatable bonds is 0. The summed E-state index contributed by atoms with van der Waals surface area (Å²) < 4.78 is 35.8. The van der Waals surface area contributed by atoms with E-state index < -0.39 is 11.7 Å². The van der Waals surface area contributed by atoms with Gasteiger partial charge in [0.05, 0.1) is 5.56 Å². The van der Waals surface area contributed by atoms with Crippen molar-refractivity contribution >= 4 is 12.6 Å². The van der Waals surface area contributed by atoms with Crippen LogP contribution in [0.4, 0.5) is 13.2 Å². The van der Waals surface area contributed by atoms with Crippen molar-refractivity contribution in [3.63, 3.8) is 0 Å². The van der Waals surface area contributed by atoms with Crippen LogP contribution in [0, 0.1) is 0 Å². The van der Waals surface area contributed by atoms with Gasteiger partial charge in [-0.15, -0.1) is 0 Å². The fraction of sp³-hybridized carbons (Fsp3) is 0.167. The third-order valence-electron chi connectivity index (χ3n) is 1.09. The van der Waals surface area contributed by atoms with Crippen molar-refractivity contribution in [2.75, 3.05) is 0 Å². The molecule has 0 aliphatic heterocycles. The maximum atomic E-state index is 11.9. The third-order valence-corrected chi connectivity index (χ3v) is 1.44. The van der Waals surface area contributed by atoms with E-state index in [9.17, 15) is 13.2 Å². The summed E-state index contributed by atoms with van der Waals surface area (Å²) >= 11 is 4.44. The number of nitrogens with zero attached hydrogens (tertiary/aromatic N) is 1. The summed E-state index contributed by atoms with van der Waals surface area (Å²) in [4.78, 5) is 3.11. The predicted octanol–water partition coefficient (Wildman–Crippen LogP) is -0.990. The van der Waals surface area contributed by atoms with Gasteiger partial charge in [-0.1, -0.05) is 6.07 Å². The number of halogens is 3. The van der Waals surface area contributed by atoms with Crippen molar-refractivity contribution < 1.29 is 42.7 Å². The SMILES string of the molecule is FC(F)(F)c1cnccc1[S-].[Na+]. The first-order valence-electron chi connectivity index (χ1n) is 2.70. The average Bonchev–Trinajstić information content (AvgIpc) is 1.86. The summed E-state index contributed by atoms with van der Waals surface area (Å²) in [6.07, 6.45) is -2.43. The molecule has 6 heteroatoms. The van der Waals surface area contributed by atoms with Gasteiger partial charge in [-0.2, -0.15) is 18.1 Å². The van der Waals surface area contributed by atoms with Gasteiger partial charge in [-0.25, -0.2) is 0 Å². The van der Waals surface area contributed by atoms with Crippen LogP contribution in [0.5, 0.6) is 0 Å². The van der Waals surface area contributed by atoms with Crippen molar-refractivity contribution in [1.82, 2.24) is 4.98 Å². The average molecular weight is 201 g/mol. The Hall–Kier alpha value is 0.160. The molecule has 1 aromatic heterocycles. The Morgan fingerprint density at radius 3 is 2.25 bits per heavy atom. The van der Waals surface area contributed by atoms with Crippen LogP contribution in [0.3, 0.4) is 0 Å². The summed E-state index contributed by atoms with van der Waals surface area (Å²) in [5.41, 5.74) is -0.852. The van der Waals surface area contributed by atoms with Gasteiger partial charge in [0.25, 0.3) is 0 Å². The minimum Gasteiger partial charge on any atom is -0.779 e. The van der Waals surface area contributed by atoms with E-state index in [1.807, 2.05) is 0 Å². The Balaban J connectivity index is 0.00000121. The number of aromatic nitrogens is 1. The predicted molar refractivity (Wildman–Crippen MR) is 34.9 cm³/mol. The Kier molecular flexibility index (Phi) is 4.47. The molecule has 0 saturated carbocycles. The van der Waals surface area contributed by atoms with E-state index in [1.54, 1.807) is 0 Å². The normalized spacial score (nSPS) is 10.6. The summed E-state index contributed by atoms with van der Waals surface area (Å²) in [5.74, 6) is 0. The Bertz CT molecular complexity index is 263. The fourth-order valence-corrected chi connectivity index (χ4v) is 0.824. The summed E-state index contributed by atoms with van der Waals surface area (Å²) in [5, 5.41) is 0. The maximum Gasteiger partial charge on any atom is 1.00 e. The Morgan fingerprint density at radius 2 is 1.92 bits per heavy atom. The molecule has 60 valence electrons. The van der Waals surface area contributed by atoms with Crippen molar-refractivity contribution in [2.24, 2.45) is 0 Å². The molecule has 12 heavy (non-hydrogen) atoms. The zero-order valence-electron chi connectivity index (χ0n) is 6.22. The monoisotopic (exact) mass is 201 g/mol. The molecule has 1 rings (SSSR count). The molecule has 0 spiro atoms. The molecule has 1 nitrogen and oxygen atoms in total.